The van der Waals surface area contributed by atoms with Gasteiger partial charge in [0.05, 0.1) is 31.7 Å². The number of nitrogens with zero attached hydrogens (tertiary/aromatic N) is 1. The molecule has 2 aromatic carbocycles. The Morgan fingerprint density at radius 3 is 2.31 bits per heavy atom. The molecule has 1 N–H and O–H groups in total. The average molecular weight is 490 g/mol. The van der Waals surface area contributed by atoms with Crippen LogP contribution < -0.4 is 10.3 Å². The van der Waals surface area contributed by atoms with E-state index < -0.39 is 41.2 Å². The molecule has 8 nitrogen and oxygen atoms in total. The number of hydrogen-bond acceptors (Lipinski definition) is 7. The summed E-state index contributed by atoms with van der Waals surface area (Å²) in [6, 6.07) is 13.1. The van der Waals surface area contributed by atoms with Gasteiger partial charge in [-0.1, -0.05) is 38.1 Å². The van der Waals surface area contributed by atoms with Crippen LogP contribution in [0.2, 0.25) is 0 Å². The minimum absolute atomic E-state index is 0.0704. The number of rotatable bonds is 7. The zero-order chi connectivity index (χ0) is 26.1. The average Bonchev–Trinajstić information content (AvgIpc) is 2.87. The summed E-state index contributed by atoms with van der Waals surface area (Å²) in [6.07, 6.45) is -0.413. The van der Waals surface area contributed by atoms with Gasteiger partial charge in [0, 0.05) is 34.5 Å². The van der Waals surface area contributed by atoms with E-state index in [2.05, 4.69) is 0 Å². The fourth-order valence-electron chi connectivity index (χ4n) is 4.64. The summed E-state index contributed by atoms with van der Waals surface area (Å²) in [6.45, 7) is 4.31. The van der Waals surface area contributed by atoms with Crippen LogP contribution in [0.1, 0.15) is 47.7 Å². The number of benzene rings is 2. The molecule has 0 radical (unpaired) electrons. The van der Waals surface area contributed by atoms with Crippen molar-refractivity contribution in [2.24, 2.45) is 5.92 Å². The Morgan fingerprint density at radius 2 is 1.67 bits per heavy atom. The zero-order valence-electron chi connectivity index (χ0n) is 20.5. The number of allylic oxidation sites excluding steroid dienone is 1. The third-order valence-electron chi connectivity index (χ3n) is 6.33. The van der Waals surface area contributed by atoms with Crippen LogP contribution in [0, 0.1) is 5.92 Å². The number of aromatic nitrogens is 1. The molecular formula is C28H27NO7. The number of ketones is 2. The van der Waals surface area contributed by atoms with Gasteiger partial charge < -0.3 is 19.1 Å². The van der Waals surface area contributed by atoms with Crippen molar-refractivity contribution in [1.29, 1.82) is 0 Å². The molecule has 1 heterocycles. The number of hydrogen-bond donors (Lipinski definition) is 1. The molecule has 186 valence electrons. The van der Waals surface area contributed by atoms with Crippen molar-refractivity contribution in [1.82, 2.24) is 4.57 Å². The van der Waals surface area contributed by atoms with Crippen LogP contribution in [0.5, 0.6) is 5.75 Å². The second-order valence-electron chi connectivity index (χ2n) is 9.13. The van der Waals surface area contributed by atoms with Crippen molar-refractivity contribution in [3.63, 3.8) is 0 Å². The van der Waals surface area contributed by atoms with Crippen LogP contribution in [-0.2, 0) is 20.9 Å². The zero-order valence-corrected chi connectivity index (χ0v) is 20.5. The fourth-order valence-corrected chi connectivity index (χ4v) is 4.64. The lowest BCUT2D eigenvalue weighted by Crippen LogP contribution is -2.33. The van der Waals surface area contributed by atoms with E-state index in [1.165, 1.54) is 26.4 Å². The molecular weight excluding hydrogens is 462 g/mol. The Labute approximate surface area is 207 Å². The largest absolute Gasteiger partial charge is 0.507 e. The van der Waals surface area contributed by atoms with Crippen molar-refractivity contribution < 1.29 is 29.0 Å². The number of fused-ring (bicyclic) bond motifs is 2. The molecule has 0 unspecified atom stereocenters. The van der Waals surface area contributed by atoms with Crippen molar-refractivity contribution in [2.45, 2.75) is 32.7 Å². The van der Waals surface area contributed by atoms with E-state index in [0.29, 0.717) is 23.2 Å². The molecule has 0 amide bonds. The summed E-state index contributed by atoms with van der Waals surface area (Å²) in [7, 11) is 2.72. The highest BCUT2D eigenvalue weighted by Gasteiger charge is 2.39. The summed E-state index contributed by atoms with van der Waals surface area (Å²) in [5.41, 5.74) is 0.292. The number of carbonyl (C=O) groups is 3. The SMILES string of the molecule is COC(=O)C[C@H](C1=C(O)c2ccccc2C(=O)C1=O)c1cc2cc(OC)ccc2n(CC(C)C)c1=O. The molecule has 0 aliphatic heterocycles. The monoisotopic (exact) mass is 489 g/mol. The number of methoxy groups -OCH3 is 2. The van der Waals surface area contributed by atoms with Crippen molar-refractivity contribution in [3.05, 3.63) is 81.1 Å². The van der Waals surface area contributed by atoms with Gasteiger partial charge in [0.25, 0.3) is 5.56 Å². The number of aliphatic hydroxyl groups excluding tert-OH is 1. The third kappa shape index (κ3) is 4.30. The maximum absolute atomic E-state index is 13.8. The molecule has 3 aromatic rings. The standard InChI is InChI=1S/C28H27NO7/c1-15(2)14-29-22-10-9-17(35-3)11-16(22)12-21(28(29)34)20(13-23(30)36-4)24-25(31)18-7-5-6-8-19(18)26(32)27(24)33/h5-12,15,20,31H,13-14H2,1-4H3/t20-/m0/s1. The normalized spacial score (nSPS) is 14.2. The molecule has 1 aliphatic carbocycles. The Morgan fingerprint density at radius 1 is 0.972 bits per heavy atom. The van der Waals surface area contributed by atoms with Crippen molar-refractivity contribution in [2.75, 3.05) is 14.2 Å². The van der Waals surface area contributed by atoms with Gasteiger partial charge in [-0.3, -0.25) is 19.2 Å². The van der Waals surface area contributed by atoms with Gasteiger partial charge in [-0.15, -0.1) is 0 Å². The van der Waals surface area contributed by atoms with E-state index in [0.717, 1.165) is 0 Å². The Kier molecular flexibility index (Phi) is 6.79. The van der Waals surface area contributed by atoms with Gasteiger partial charge in [0.15, 0.2) is 0 Å². The summed E-state index contributed by atoms with van der Waals surface area (Å²) >= 11 is 0. The molecule has 1 aromatic heterocycles. The molecule has 8 heteroatoms. The predicted molar refractivity (Wildman–Crippen MR) is 134 cm³/mol. The second kappa shape index (κ2) is 9.81. The van der Waals surface area contributed by atoms with E-state index in [9.17, 15) is 24.3 Å². The maximum Gasteiger partial charge on any atom is 0.306 e. The lowest BCUT2D eigenvalue weighted by molar-refractivity contribution is -0.140. The molecule has 0 spiro atoms. The van der Waals surface area contributed by atoms with Gasteiger partial charge in [0.1, 0.15) is 11.5 Å². The molecule has 36 heavy (non-hydrogen) atoms. The summed E-state index contributed by atoms with van der Waals surface area (Å²) in [5, 5.41) is 11.8. The first-order valence-corrected chi connectivity index (χ1v) is 11.6. The first-order chi connectivity index (χ1) is 17.2. The highest BCUT2D eigenvalue weighted by Crippen LogP contribution is 2.38. The van der Waals surface area contributed by atoms with Gasteiger partial charge >= 0.3 is 5.97 Å². The molecule has 1 atom stereocenters. The molecule has 0 saturated carbocycles. The van der Waals surface area contributed by atoms with E-state index in [-0.39, 0.29) is 28.2 Å². The van der Waals surface area contributed by atoms with Gasteiger partial charge in [0.2, 0.25) is 11.6 Å². The highest BCUT2D eigenvalue weighted by atomic mass is 16.5. The van der Waals surface area contributed by atoms with Gasteiger partial charge in [-0.2, -0.15) is 0 Å². The van der Waals surface area contributed by atoms with Crippen LogP contribution in [0.3, 0.4) is 0 Å². The number of pyridine rings is 1. The van der Waals surface area contributed by atoms with Gasteiger partial charge in [-0.05, 0) is 30.2 Å². The number of aliphatic hydroxyl groups is 1. The van der Waals surface area contributed by atoms with Crippen LogP contribution >= 0.6 is 0 Å². The third-order valence-corrected chi connectivity index (χ3v) is 6.33. The van der Waals surface area contributed by atoms with Gasteiger partial charge in [-0.25, -0.2) is 0 Å². The first kappa shape index (κ1) is 24.9. The predicted octanol–water partition coefficient (Wildman–Crippen LogP) is 4.05. The van der Waals surface area contributed by atoms with E-state index in [1.807, 2.05) is 13.8 Å². The quantitative estimate of drug-likeness (QED) is 0.394. The van der Waals surface area contributed by atoms with Crippen LogP contribution in [0.15, 0.2) is 58.9 Å². The molecule has 1 aliphatic rings. The van der Waals surface area contributed by atoms with Crippen LogP contribution in [0.4, 0.5) is 0 Å². The molecule has 4 rings (SSSR count). The summed E-state index contributed by atoms with van der Waals surface area (Å²) in [4.78, 5) is 52.5. The van der Waals surface area contributed by atoms with Crippen LogP contribution in [0.25, 0.3) is 16.7 Å². The topological polar surface area (TPSA) is 112 Å². The van der Waals surface area contributed by atoms with Crippen molar-refractivity contribution >= 4 is 34.2 Å². The smallest absolute Gasteiger partial charge is 0.306 e. The van der Waals surface area contributed by atoms with E-state index >= 15 is 0 Å². The Balaban J connectivity index is 2.05. The maximum atomic E-state index is 13.8. The number of ether oxygens (including phenoxy) is 2. The first-order valence-electron chi connectivity index (χ1n) is 11.6. The molecule has 0 bridgehead atoms. The Hall–Kier alpha value is -4.20. The van der Waals surface area contributed by atoms with Crippen molar-refractivity contribution in [3.8, 4) is 5.75 Å². The second-order valence-corrected chi connectivity index (χ2v) is 9.13. The number of esters is 1. The Bertz CT molecular complexity index is 1480. The lowest BCUT2D eigenvalue weighted by Gasteiger charge is -2.25. The lowest BCUT2D eigenvalue weighted by atomic mass is 9.78. The van der Waals surface area contributed by atoms with E-state index in [4.69, 9.17) is 9.47 Å². The van der Waals surface area contributed by atoms with E-state index in [1.54, 1.807) is 41.0 Å². The summed E-state index contributed by atoms with van der Waals surface area (Å²) in [5.74, 6) is -3.42. The number of carbonyl (C=O) groups excluding carboxylic acids is 3. The highest BCUT2D eigenvalue weighted by molar-refractivity contribution is 6.52. The minimum atomic E-state index is -1.20. The van der Waals surface area contributed by atoms with Crippen LogP contribution in [-0.4, -0.2) is 41.4 Å². The minimum Gasteiger partial charge on any atom is -0.507 e. The summed E-state index contributed by atoms with van der Waals surface area (Å²) < 4.78 is 11.8. The molecule has 0 saturated heterocycles. The molecule has 0 fully saturated rings. The fraction of sp³-hybridized carbons (Fsp3) is 0.286. The number of Topliss-reactive ketones (excluding diaryl/α,β-unsaturated/α-hetero) is 2.